The quantitative estimate of drug-likeness (QED) is 0.683. The van der Waals surface area contributed by atoms with E-state index in [1.165, 1.54) is 0 Å². The van der Waals surface area contributed by atoms with Crippen LogP contribution in [0.25, 0.3) is 0 Å². The molecular formula is C11H15NO2. The first-order valence-electron chi connectivity index (χ1n) is 4.98. The third-order valence-electron chi connectivity index (χ3n) is 3.01. The number of carbonyl (C=O) groups is 1. The van der Waals surface area contributed by atoms with Crippen LogP contribution in [0.2, 0.25) is 0 Å². The molecule has 0 aromatic carbocycles. The summed E-state index contributed by atoms with van der Waals surface area (Å²) in [7, 11) is 1.65. The molecule has 1 atom stereocenters. The van der Waals surface area contributed by atoms with Gasteiger partial charge in [-0.2, -0.15) is 0 Å². The molecule has 1 aliphatic heterocycles. The Morgan fingerprint density at radius 3 is 3.00 bits per heavy atom. The fourth-order valence-corrected chi connectivity index (χ4v) is 2.06. The lowest BCUT2D eigenvalue weighted by Crippen LogP contribution is -2.45. The lowest BCUT2D eigenvalue weighted by atomic mass is 9.75. The van der Waals surface area contributed by atoms with Crippen LogP contribution in [0.3, 0.4) is 0 Å². The highest BCUT2D eigenvalue weighted by Crippen LogP contribution is 2.36. The molecule has 1 saturated heterocycles. The van der Waals surface area contributed by atoms with Gasteiger partial charge in [0.15, 0.2) is 0 Å². The van der Waals surface area contributed by atoms with Crippen LogP contribution in [0.4, 0.5) is 0 Å². The molecule has 1 heterocycles. The summed E-state index contributed by atoms with van der Waals surface area (Å²) < 4.78 is 5.10. The standard InChI is InChI=1S/C11H15NO2/c1-14-9-3-6-11(7-4-9)5-2-8-12-10(11)13/h3-4,6H,2,5,7-8H2,1H3,(H,12,13). The van der Waals surface area contributed by atoms with Gasteiger partial charge in [0.05, 0.1) is 12.5 Å². The molecule has 76 valence electrons. The Kier molecular flexibility index (Phi) is 2.32. The second-order valence-electron chi connectivity index (χ2n) is 3.86. The first-order chi connectivity index (χ1) is 6.77. The number of hydrogen-bond acceptors (Lipinski definition) is 2. The first kappa shape index (κ1) is 9.31. The van der Waals surface area contributed by atoms with Crippen LogP contribution in [-0.2, 0) is 9.53 Å². The van der Waals surface area contributed by atoms with E-state index in [4.69, 9.17) is 4.74 Å². The normalized spacial score (nSPS) is 31.2. The van der Waals surface area contributed by atoms with Crippen molar-refractivity contribution in [2.75, 3.05) is 13.7 Å². The van der Waals surface area contributed by atoms with Crippen molar-refractivity contribution in [2.24, 2.45) is 5.41 Å². The minimum Gasteiger partial charge on any atom is -0.497 e. The molecule has 1 spiro atoms. The van der Waals surface area contributed by atoms with Crippen molar-refractivity contribution in [2.45, 2.75) is 19.3 Å². The molecule has 0 saturated carbocycles. The van der Waals surface area contributed by atoms with Crippen molar-refractivity contribution in [3.05, 3.63) is 24.0 Å². The number of ether oxygens (including phenoxy) is 1. The van der Waals surface area contributed by atoms with Crippen LogP contribution in [0, 0.1) is 5.41 Å². The zero-order chi connectivity index (χ0) is 10.0. The highest BCUT2D eigenvalue weighted by atomic mass is 16.5. The summed E-state index contributed by atoms with van der Waals surface area (Å²) in [5.41, 5.74) is -0.291. The highest BCUT2D eigenvalue weighted by molar-refractivity contribution is 5.85. The van der Waals surface area contributed by atoms with E-state index in [0.717, 1.165) is 31.6 Å². The minimum atomic E-state index is -0.291. The lowest BCUT2D eigenvalue weighted by molar-refractivity contribution is -0.130. The van der Waals surface area contributed by atoms with Gasteiger partial charge in [-0.25, -0.2) is 0 Å². The third-order valence-corrected chi connectivity index (χ3v) is 3.01. The summed E-state index contributed by atoms with van der Waals surface area (Å²) in [5, 5.41) is 2.92. The molecule has 2 aliphatic rings. The van der Waals surface area contributed by atoms with Gasteiger partial charge >= 0.3 is 0 Å². The van der Waals surface area contributed by atoms with E-state index in [1.54, 1.807) is 7.11 Å². The molecule has 0 aromatic rings. The van der Waals surface area contributed by atoms with Crippen LogP contribution in [0.15, 0.2) is 24.0 Å². The molecule has 2 rings (SSSR count). The average Bonchev–Trinajstić information content (AvgIpc) is 2.24. The molecular weight excluding hydrogens is 178 g/mol. The van der Waals surface area contributed by atoms with Crippen molar-refractivity contribution in [3.63, 3.8) is 0 Å². The van der Waals surface area contributed by atoms with Gasteiger partial charge in [-0.1, -0.05) is 6.08 Å². The Bertz CT molecular complexity index is 306. The number of piperidine rings is 1. The molecule has 14 heavy (non-hydrogen) atoms. The molecule has 1 amide bonds. The van der Waals surface area contributed by atoms with Gasteiger partial charge in [-0.05, 0) is 31.4 Å². The first-order valence-corrected chi connectivity index (χ1v) is 4.98. The monoisotopic (exact) mass is 193 g/mol. The number of carbonyl (C=O) groups excluding carboxylic acids is 1. The summed E-state index contributed by atoms with van der Waals surface area (Å²) in [6, 6.07) is 0. The molecule has 0 bridgehead atoms. The van der Waals surface area contributed by atoms with Gasteiger partial charge < -0.3 is 10.1 Å². The topological polar surface area (TPSA) is 38.3 Å². The summed E-state index contributed by atoms with van der Waals surface area (Å²) in [4.78, 5) is 11.7. The number of rotatable bonds is 1. The van der Waals surface area contributed by atoms with Crippen LogP contribution >= 0.6 is 0 Å². The maximum Gasteiger partial charge on any atom is 0.230 e. The molecule has 3 heteroatoms. The van der Waals surface area contributed by atoms with Crippen LogP contribution < -0.4 is 5.32 Å². The fraction of sp³-hybridized carbons (Fsp3) is 0.545. The van der Waals surface area contributed by atoms with Crippen LogP contribution in [0.1, 0.15) is 19.3 Å². The molecule has 3 nitrogen and oxygen atoms in total. The molecule has 1 aliphatic carbocycles. The molecule has 1 fully saturated rings. The van der Waals surface area contributed by atoms with E-state index >= 15 is 0 Å². The lowest BCUT2D eigenvalue weighted by Gasteiger charge is -2.34. The summed E-state index contributed by atoms with van der Waals surface area (Å²) >= 11 is 0. The summed E-state index contributed by atoms with van der Waals surface area (Å²) in [6.07, 6.45) is 8.65. The average molecular weight is 193 g/mol. The van der Waals surface area contributed by atoms with E-state index in [2.05, 4.69) is 5.32 Å². The van der Waals surface area contributed by atoms with Gasteiger partial charge in [-0.3, -0.25) is 4.79 Å². The van der Waals surface area contributed by atoms with Crippen LogP contribution in [-0.4, -0.2) is 19.6 Å². The Morgan fingerprint density at radius 1 is 1.57 bits per heavy atom. The zero-order valence-corrected chi connectivity index (χ0v) is 8.38. The van der Waals surface area contributed by atoms with Gasteiger partial charge in [0.2, 0.25) is 5.91 Å². The number of hydrogen-bond donors (Lipinski definition) is 1. The summed E-state index contributed by atoms with van der Waals surface area (Å²) in [6.45, 7) is 0.815. The number of nitrogens with one attached hydrogen (secondary N) is 1. The third kappa shape index (κ3) is 1.43. The highest BCUT2D eigenvalue weighted by Gasteiger charge is 2.38. The Morgan fingerprint density at radius 2 is 2.43 bits per heavy atom. The minimum absolute atomic E-state index is 0.159. The predicted octanol–water partition coefficient (Wildman–Crippen LogP) is 1.37. The smallest absolute Gasteiger partial charge is 0.230 e. The number of methoxy groups -OCH3 is 1. The van der Waals surface area contributed by atoms with Crippen molar-refractivity contribution in [3.8, 4) is 0 Å². The van der Waals surface area contributed by atoms with Crippen molar-refractivity contribution >= 4 is 5.91 Å². The van der Waals surface area contributed by atoms with Crippen molar-refractivity contribution in [1.82, 2.24) is 5.32 Å². The number of amides is 1. The summed E-state index contributed by atoms with van der Waals surface area (Å²) in [5.74, 6) is 1.01. The molecule has 1 N–H and O–H groups in total. The van der Waals surface area contributed by atoms with Gasteiger partial charge in [-0.15, -0.1) is 0 Å². The van der Waals surface area contributed by atoms with Crippen molar-refractivity contribution in [1.29, 1.82) is 0 Å². The van der Waals surface area contributed by atoms with E-state index in [1.807, 2.05) is 18.2 Å². The van der Waals surface area contributed by atoms with E-state index in [0.29, 0.717) is 0 Å². The van der Waals surface area contributed by atoms with E-state index in [-0.39, 0.29) is 11.3 Å². The predicted molar refractivity (Wildman–Crippen MR) is 53.5 cm³/mol. The molecule has 1 unspecified atom stereocenters. The number of allylic oxidation sites excluding steroid dienone is 2. The second-order valence-corrected chi connectivity index (χ2v) is 3.86. The van der Waals surface area contributed by atoms with Gasteiger partial charge in [0, 0.05) is 6.54 Å². The van der Waals surface area contributed by atoms with E-state index < -0.39 is 0 Å². The Hall–Kier alpha value is -1.25. The Balaban J connectivity index is 2.16. The van der Waals surface area contributed by atoms with Crippen molar-refractivity contribution < 1.29 is 9.53 Å². The SMILES string of the molecule is COC1=CCC2(C=C1)CCCNC2=O. The second kappa shape index (κ2) is 3.48. The Labute approximate surface area is 83.8 Å². The fourth-order valence-electron chi connectivity index (χ4n) is 2.06. The van der Waals surface area contributed by atoms with Gasteiger partial charge in [0.1, 0.15) is 5.76 Å². The molecule has 0 aromatic heterocycles. The maximum absolute atomic E-state index is 11.7. The van der Waals surface area contributed by atoms with E-state index in [9.17, 15) is 4.79 Å². The van der Waals surface area contributed by atoms with Gasteiger partial charge in [0.25, 0.3) is 0 Å². The zero-order valence-electron chi connectivity index (χ0n) is 8.38. The van der Waals surface area contributed by atoms with Crippen LogP contribution in [0.5, 0.6) is 0 Å². The molecule has 0 radical (unpaired) electrons. The largest absolute Gasteiger partial charge is 0.497 e. The maximum atomic E-state index is 11.7.